The van der Waals surface area contributed by atoms with E-state index in [0.29, 0.717) is 30.0 Å². The summed E-state index contributed by atoms with van der Waals surface area (Å²) in [6, 6.07) is 2.74. The maximum absolute atomic E-state index is 12.9. The van der Waals surface area contributed by atoms with Crippen molar-refractivity contribution in [3.63, 3.8) is 0 Å². The Balaban J connectivity index is 1.56. The van der Waals surface area contributed by atoms with Gasteiger partial charge in [0.05, 0.1) is 19.8 Å². The van der Waals surface area contributed by atoms with Crippen LogP contribution in [0.15, 0.2) is 16.7 Å². The van der Waals surface area contributed by atoms with Gasteiger partial charge in [0.25, 0.3) is 0 Å². The molecule has 32 heavy (non-hydrogen) atoms. The van der Waals surface area contributed by atoms with Gasteiger partial charge in [-0.25, -0.2) is 9.78 Å². The number of halogens is 1. The monoisotopic (exact) mass is 511 g/mol. The molecule has 4 N–H and O–H groups in total. The molecule has 2 fully saturated rings. The van der Waals surface area contributed by atoms with Crippen LogP contribution in [-0.2, 0) is 25.7 Å². The Morgan fingerprint density at radius 2 is 2.03 bits per heavy atom. The number of carbonyl (C=O) groups excluding carboxylic acids is 3. The van der Waals surface area contributed by atoms with Crippen molar-refractivity contribution in [1.29, 1.82) is 0 Å². The summed E-state index contributed by atoms with van der Waals surface area (Å²) in [6.07, 6.45) is 0.848. The Kier molecular flexibility index (Phi) is 7.73. The van der Waals surface area contributed by atoms with E-state index in [4.69, 9.17) is 4.74 Å². The van der Waals surface area contributed by atoms with Crippen LogP contribution < -0.4 is 21.3 Å². The molecule has 4 atom stereocenters. The lowest BCUT2D eigenvalue weighted by Gasteiger charge is -2.23. The summed E-state index contributed by atoms with van der Waals surface area (Å²) in [5, 5.41) is 11.8. The number of ether oxygens (including phenoxy) is 2. The largest absolute Gasteiger partial charge is 0.453 e. The van der Waals surface area contributed by atoms with Crippen molar-refractivity contribution in [3.05, 3.63) is 22.3 Å². The minimum atomic E-state index is -0.689. The molecule has 1 aliphatic carbocycles. The Bertz CT molecular complexity index is 882. The van der Waals surface area contributed by atoms with Gasteiger partial charge in [0.15, 0.2) is 0 Å². The van der Waals surface area contributed by atoms with E-state index in [2.05, 4.69) is 46.9 Å². The number of pyridine rings is 1. The number of aromatic nitrogens is 1. The van der Waals surface area contributed by atoms with E-state index in [9.17, 15) is 14.4 Å². The molecule has 1 saturated heterocycles. The molecular formula is C21H30BrN5O5. The second-order valence-corrected chi connectivity index (χ2v) is 9.49. The second kappa shape index (κ2) is 10.1. The van der Waals surface area contributed by atoms with Gasteiger partial charge in [-0.2, -0.15) is 0 Å². The lowest BCUT2D eigenvalue weighted by Crippen LogP contribution is -2.50. The van der Waals surface area contributed by atoms with Crippen molar-refractivity contribution in [2.75, 3.05) is 26.1 Å². The normalized spacial score (nSPS) is 24.4. The summed E-state index contributed by atoms with van der Waals surface area (Å²) in [5.41, 5.74) is 0.622. The summed E-state index contributed by atoms with van der Waals surface area (Å²) >= 11 is 3.33. The molecule has 1 saturated carbocycles. The zero-order chi connectivity index (χ0) is 23.5. The van der Waals surface area contributed by atoms with Gasteiger partial charge in [0, 0.05) is 30.7 Å². The Hall–Kier alpha value is -2.24. The van der Waals surface area contributed by atoms with Gasteiger partial charge in [0.1, 0.15) is 16.5 Å². The smallest absolute Gasteiger partial charge is 0.407 e. The summed E-state index contributed by atoms with van der Waals surface area (Å²) in [4.78, 5) is 41.4. The van der Waals surface area contributed by atoms with Crippen LogP contribution in [0.3, 0.4) is 0 Å². The summed E-state index contributed by atoms with van der Waals surface area (Å²) in [5.74, 6) is -0.0652. The number of amides is 3. The number of carbonyl (C=O) groups is 3. The molecule has 176 valence electrons. The van der Waals surface area contributed by atoms with Crippen molar-refractivity contribution in [2.45, 2.75) is 51.4 Å². The van der Waals surface area contributed by atoms with E-state index in [1.807, 2.05) is 19.9 Å². The van der Waals surface area contributed by atoms with Crippen LogP contribution in [0.1, 0.15) is 32.3 Å². The first-order valence-corrected chi connectivity index (χ1v) is 11.3. The summed E-state index contributed by atoms with van der Waals surface area (Å²) < 4.78 is 10.4. The molecule has 1 unspecified atom stereocenters. The average molecular weight is 512 g/mol. The minimum absolute atomic E-state index is 0.0965. The van der Waals surface area contributed by atoms with E-state index >= 15 is 0 Å². The number of fused-ring (bicyclic) bond motifs is 1. The van der Waals surface area contributed by atoms with Gasteiger partial charge in [-0.05, 0) is 40.8 Å². The topological polar surface area (TPSA) is 131 Å². The molecule has 0 spiro atoms. The molecule has 1 aliphatic heterocycles. The maximum atomic E-state index is 12.9. The molecule has 10 nitrogen and oxygen atoms in total. The average Bonchev–Trinajstić information content (AvgIpc) is 3.31. The van der Waals surface area contributed by atoms with Gasteiger partial charge in [-0.3, -0.25) is 9.59 Å². The number of piperidine rings is 1. The third kappa shape index (κ3) is 5.57. The van der Waals surface area contributed by atoms with Crippen molar-refractivity contribution < 1.29 is 23.9 Å². The molecule has 0 bridgehead atoms. The first kappa shape index (κ1) is 24.4. The van der Waals surface area contributed by atoms with Crippen molar-refractivity contribution in [1.82, 2.24) is 20.9 Å². The second-order valence-electron chi connectivity index (χ2n) is 8.68. The fourth-order valence-electron chi connectivity index (χ4n) is 4.10. The third-order valence-corrected chi connectivity index (χ3v) is 6.47. The molecule has 11 heteroatoms. The van der Waals surface area contributed by atoms with E-state index < -0.39 is 12.1 Å². The van der Waals surface area contributed by atoms with Gasteiger partial charge in [-0.1, -0.05) is 19.9 Å². The molecule has 3 rings (SSSR count). The number of methoxy groups -OCH3 is 2. The van der Waals surface area contributed by atoms with E-state index in [-0.39, 0.29) is 35.2 Å². The molecule has 2 heterocycles. The number of rotatable bonds is 9. The van der Waals surface area contributed by atoms with E-state index in [0.717, 1.165) is 12.0 Å². The Morgan fingerprint density at radius 1 is 1.28 bits per heavy atom. The molecule has 1 aromatic heterocycles. The van der Waals surface area contributed by atoms with Crippen molar-refractivity contribution in [3.8, 4) is 0 Å². The Labute approximate surface area is 195 Å². The minimum Gasteiger partial charge on any atom is -0.453 e. The molecule has 3 amide bonds. The quantitative estimate of drug-likeness (QED) is 0.370. The molecule has 1 aromatic rings. The molecule has 2 aliphatic rings. The lowest BCUT2D eigenvalue weighted by atomic mass is 9.98. The highest BCUT2D eigenvalue weighted by atomic mass is 79.9. The van der Waals surface area contributed by atoms with Crippen molar-refractivity contribution >= 4 is 39.7 Å². The van der Waals surface area contributed by atoms with Crippen LogP contribution >= 0.6 is 15.9 Å². The van der Waals surface area contributed by atoms with Gasteiger partial charge < -0.3 is 30.7 Å². The highest BCUT2D eigenvalue weighted by Gasteiger charge is 2.61. The zero-order valence-corrected chi connectivity index (χ0v) is 20.2. The van der Waals surface area contributed by atoms with Gasteiger partial charge >= 0.3 is 6.09 Å². The van der Waals surface area contributed by atoms with Crippen molar-refractivity contribution in [2.24, 2.45) is 11.3 Å². The van der Waals surface area contributed by atoms with Gasteiger partial charge in [0.2, 0.25) is 11.8 Å². The number of hydrogen-bond acceptors (Lipinski definition) is 7. The van der Waals surface area contributed by atoms with Crippen LogP contribution in [0.2, 0.25) is 0 Å². The number of nitrogens with one attached hydrogen (secondary N) is 4. The standard InChI is InChI=1S/C21H30BrN5O5/c1-11(2)16(26-20(30)32-4)19(29)23-10-21-7-13(24-14(21)8-21)18(28)27-17-12(9-31-3)5-6-15(22)25-17/h5-6,11,13-14,16,24H,7-10H2,1-4H3,(H,23,29)(H,26,30)(H,25,27,28)/t13-,14?,16-,21-/m0/s1. The van der Waals surface area contributed by atoms with Crippen LogP contribution in [0, 0.1) is 11.3 Å². The van der Waals surface area contributed by atoms with E-state index in [1.54, 1.807) is 13.2 Å². The van der Waals surface area contributed by atoms with Crippen LogP contribution in [-0.4, -0.2) is 61.8 Å². The maximum Gasteiger partial charge on any atom is 0.407 e. The fourth-order valence-corrected chi connectivity index (χ4v) is 4.40. The van der Waals surface area contributed by atoms with Gasteiger partial charge in [-0.15, -0.1) is 0 Å². The fraction of sp³-hybridized carbons (Fsp3) is 0.619. The molecular weight excluding hydrogens is 482 g/mol. The Morgan fingerprint density at radius 3 is 2.69 bits per heavy atom. The summed E-state index contributed by atoms with van der Waals surface area (Å²) in [7, 11) is 2.85. The highest BCUT2D eigenvalue weighted by Crippen LogP contribution is 2.54. The predicted octanol–water partition coefficient (Wildman–Crippen LogP) is 1.55. The van der Waals surface area contributed by atoms with Crippen LogP contribution in [0.5, 0.6) is 0 Å². The molecule has 0 radical (unpaired) electrons. The van der Waals surface area contributed by atoms with Crippen LogP contribution in [0.25, 0.3) is 0 Å². The van der Waals surface area contributed by atoms with Crippen LogP contribution in [0.4, 0.5) is 10.6 Å². The first-order valence-electron chi connectivity index (χ1n) is 10.5. The predicted molar refractivity (Wildman–Crippen MR) is 121 cm³/mol. The first-order chi connectivity index (χ1) is 15.2. The number of hydrogen-bond donors (Lipinski definition) is 4. The molecule has 0 aromatic carbocycles. The number of nitrogens with zero attached hydrogens (tertiary/aromatic N) is 1. The third-order valence-electron chi connectivity index (χ3n) is 6.03. The SMILES string of the molecule is COCc1ccc(Br)nc1NC(=O)[C@@H]1C[C@@]2(CNC(=O)[C@@H](NC(=O)OC)C(C)C)CC2N1. The highest BCUT2D eigenvalue weighted by molar-refractivity contribution is 9.10. The number of anilines is 1. The van der Waals surface area contributed by atoms with E-state index in [1.165, 1.54) is 7.11 Å². The zero-order valence-electron chi connectivity index (χ0n) is 18.7. The summed E-state index contributed by atoms with van der Waals surface area (Å²) in [6.45, 7) is 4.47. The lowest BCUT2D eigenvalue weighted by molar-refractivity contribution is -0.124. The number of alkyl carbamates (subject to hydrolysis) is 1.